The van der Waals surface area contributed by atoms with Gasteiger partial charge in [0, 0.05) is 19.1 Å². The van der Waals surface area contributed by atoms with Crippen molar-refractivity contribution in [3.05, 3.63) is 11.6 Å². The lowest BCUT2D eigenvalue weighted by Gasteiger charge is -2.48. The van der Waals surface area contributed by atoms with Crippen LogP contribution in [0.15, 0.2) is 6.33 Å². The number of imidazole rings is 1. The van der Waals surface area contributed by atoms with E-state index < -0.39 is 8.32 Å². The first-order valence-electron chi connectivity index (χ1n) is 10.8. The maximum Gasteiger partial charge on any atom is 0.226 e. The lowest BCUT2D eigenvalue weighted by Crippen LogP contribution is -2.55. The van der Waals surface area contributed by atoms with E-state index >= 15 is 0 Å². The van der Waals surface area contributed by atoms with Crippen LogP contribution in [0.1, 0.15) is 65.8 Å². The summed E-state index contributed by atoms with van der Waals surface area (Å²) in [6, 6.07) is 0.503. The van der Waals surface area contributed by atoms with Gasteiger partial charge in [0.2, 0.25) is 5.28 Å². The molecule has 2 aromatic heterocycles. The van der Waals surface area contributed by atoms with Gasteiger partial charge in [-0.2, -0.15) is 9.97 Å². The summed E-state index contributed by atoms with van der Waals surface area (Å²) in [4.78, 5) is 16.0. The van der Waals surface area contributed by atoms with Crippen LogP contribution in [0.4, 0.5) is 5.82 Å². The molecule has 0 bridgehead atoms. The number of anilines is 1. The van der Waals surface area contributed by atoms with Crippen molar-refractivity contribution in [1.82, 2.24) is 19.5 Å². The van der Waals surface area contributed by atoms with Crippen LogP contribution in [0.3, 0.4) is 0 Å². The smallest absolute Gasteiger partial charge is 0.226 e. The molecule has 8 heteroatoms. The van der Waals surface area contributed by atoms with Gasteiger partial charge in [0.1, 0.15) is 5.52 Å². The van der Waals surface area contributed by atoms with Crippen molar-refractivity contribution in [3.63, 3.8) is 0 Å². The van der Waals surface area contributed by atoms with Crippen molar-refractivity contribution >= 4 is 36.9 Å². The number of hydrogen-bond acceptors (Lipinski definition) is 5. The molecular weight excluding hydrogens is 402 g/mol. The molecule has 2 aliphatic rings. The van der Waals surface area contributed by atoms with Crippen molar-refractivity contribution in [3.8, 4) is 0 Å². The molecule has 6 nitrogen and oxygen atoms in total. The summed E-state index contributed by atoms with van der Waals surface area (Å²) >= 11 is 6.29. The molecule has 2 aromatic rings. The van der Waals surface area contributed by atoms with E-state index in [0.717, 1.165) is 37.3 Å². The van der Waals surface area contributed by atoms with Crippen LogP contribution in [-0.4, -0.2) is 46.5 Å². The zero-order valence-electron chi connectivity index (χ0n) is 18.6. The molecule has 1 atom stereocenters. The zero-order chi connectivity index (χ0) is 21.0. The molecule has 0 spiro atoms. The van der Waals surface area contributed by atoms with Crippen molar-refractivity contribution in [1.29, 1.82) is 0 Å². The second-order valence-corrected chi connectivity index (χ2v) is 15.6. The summed E-state index contributed by atoms with van der Waals surface area (Å²) in [5.41, 5.74) is 1.53. The number of rotatable bonds is 4. The number of aromatic nitrogens is 4. The number of hydrogen-bond donors (Lipinski definition) is 0. The van der Waals surface area contributed by atoms with Crippen molar-refractivity contribution < 1.29 is 4.43 Å². The normalized spacial score (nSPS) is 24.2. The van der Waals surface area contributed by atoms with Gasteiger partial charge in [0.15, 0.2) is 19.8 Å². The van der Waals surface area contributed by atoms with Crippen LogP contribution < -0.4 is 4.90 Å². The first-order chi connectivity index (χ1) is 13.5. The molecule has 1 aliphatic carbocycles. The van der Waals surface area contributed by atoms with E-state index in [4.69, 9.17) is 16.0 Å². The minimum absolute atomic E-state index is 0.187. The Kier molecular flexibility index (Phi) is 5.23. The van der Waals surface area contributed by atoms with Crippen molar-refractivity contribution in [2.75, 3.05) is 18.0 Å². The van der Waals surface area contributed by atoms with Gasteiger partial charge in [-0.15, -0.1) is 0 Å². The van der Waals surface area contributed by atoms with Crippen LogP contribution >= 0.6 is 11.6 Å². The zero-order valence-corrected chi connectivity index (χ0v) is 20.4. The summed E-state index contributed by atoms with van der Waals surface area (Å²) in [7, 11) is -1.88. The molecule has 0 radical (unpaired) electrons. The molecule has 0 N–H and O–H groups in total. The van der Waals surface area contributed by atoms with Gasteiger partial charge in [-0.25, -0.2) is 4.98 Å². The monoisotopic (exact) mass is 435 g/mol. The molecule has 2 fully saturated rings. The molecule has 4 rings (SSSR count). The minimum Gasteiger partial charge on any atom is -0.410 e. The quantitative estimate of drug-likeness (QED) is 0.463. The molecule has 1 aliphatic heterocycles. The lowest BCUT2D eigenvalue weighted by molar-refractivity contribution is 0.0563. The van der Waals surface area contributed by atoms with Crippen molar-refractivity contribution in [2.24, 2.45) is 0 Å². The predicted octanol–water partition coefficient (Wildman–Crippen LogP) is 5.59. The molecule has 160 valence electrons. The maximum absolute atomic E-state index is 6.91. The lowest BCUT2D eigenvalue weighted by atomic mass is 9.93. The Hall–Kier alpha value is -1.18. The van der Waals surface area contributed by atoms with E-state index in [-0.39, 0.29) is 15.9 Å². The number of piperidine rings is 1. The Labute approximate surface area is 180 Å². The summed E-state index contributed by atoms with van der Waals surface area (Å²) in [5.74, 6) is 0.911. The number of fused-ring (bicyclic) bond motifs is 1. The van der Waals surface area contributed by atoms with Crippen molar-refractivity contribution in [2.45, 2.75) is 89.6 Å². The third-order valence-electron chi connectivity index (χ3n) is 7.12. The Balaban J connectivity index is 1.68. The minimum atomic E-state index is -1.88. The van der Waals surface area contributed by atoms with Crippen LogP contribution in [0.5, 0.6) is 0 Å². The maximum atomic E-state index is 6.91. The van der Waals surface area contributed by atoms with E-state index in [1.807, 2.05) is 6.33 Å². The predicted molar refractivity (Wildman–Crippen MR) is 121 cm³/mol. The fourth-order valence-corrected chi connectivity index (χ4v) is 6.17. The Morgan fingerprint density at radius 1 is 1.21 bits per heavy atom. The first kappa shape index (κ1) is 21.1. The third kappa shape index (κ3) is 3.93. The Morgan fingerprint density at radius 2 is 1.93 bits per heavy atom. The standard InChI is InChI=1S/C21H34ClN5OSi/c1-20(2,3)29(5,6)28-21(4)11-8-12-26(13-21)18-16-17(24-19(22)25-18)23-14-27(16)15-9-7-10-15/h14-15H,7-13H2,1-6H3/t21-/m1/s1. The van der Waals surface area contributed by atoms with E-state index in [1.165, 1.54) is 19.3 Å². The highest BCUT2D eigenvalue weighted by molar-refractivity contribution is 6.74. The molecule has 29 heavy (non-hydrogen) atoms. The van der Waals surface area contributed by atoms with Gasteiger partial charge >= 0.3 is 0 Å². The van der Waals surface area contributed by atoms with Gasteiger partial charge in [-0.1, -0.05) is 20.8 Å². The van der Waals surface area contributed by atoms with E-state index in [9.17, 15) is 0 Å². The van der Waals surface area contributed by atoms with Crippen LogP contribution in [0, 0.1) is 0 Å². The van der Waals surface area contributed by atoms with E-state index in [2.05, 4.69) is 65.2 Å². The summed E-state index contributed by atoms with van der Waals surface area (Å²) < 4.78 is 9.18. The Morgan fingerprint density at radius 3 is 2.55 bits per heavy atom. The van der Waals surface area contributed by atoms with Gasteiger partial charge in [0.05, 0.1) is 11.9 Å². The largest absolute Gasteiger partial charge is 0.410 e. The molecule has 0 unspecified atom stereocenters. The van der Waals surface area contributed by atoms with Crippen LogP contribution in [0.25, 0.3) is 11.2 Å². The van der Waals surface area contributed by atoms with E-state index in [1.54, 1.807) is 0 Å². The second-order valence-electron chi connectivity index (χ2n) is 10.6. The molecule has 3 heterocycles. The van der Waals surface area contributed by atoms with Gasteiger partial charge < -0.3 is 13.9 Å². The average Bonchev–Trinajstić information content (AvgIpc) is 2.94. The molecule has 0 aromatic carbocycles. The molecule has 0 amide bonds. The molecular formula is C21H34ClN5OSi. The fraction of sp³-hybridized carbons (Fsp3) is 0.762. The van der Waals surface area contributed by atoms with Gasteiger partial charge in [-0.05, 0) is 68.8 Å². The summed E-state index contributed by atoms with van der Waals surface area (Å²) in [6.07, 6.45) is 7.72. The first-order valence-corrected chi connectivity index (χ1v) is 14.1. The number of halogens is 1. The topological polar surface area (TPSA) is 56.1 Å². The fourth-order valence-electron chi connectivity index (χ4n) is 4.30. The molecule has 1 saturated heterocycles. The van der Waals surface area contributed by atoms with Gasteiger partial charge in [-0.3, -0.25) is 0 Å². The van der Waals surface area contributed by atoms with Gasteiger partial charge in [0.25, 0.3) is 0 Å². The number of nitrogens with zero attached hydrogens (tertiary/aromatic N) is 5. The third-order valence-corrected chi connectivity index (χ3v) is 11.9. The average molecular weight is 436 g/mol. The second kappa shape index (κ2) is 7.20. The van der Waals surface area contributed by atoms with Crippen LogP contribution in [-0.2, 0) is 4.43 Å². The Bertz CT molecular complexity index is 904. The summed E-state index contributed by atoms with van der Waals surface area (Å²) in [6.45, 7) is 15.6. The summed E-state index contributed by atoms with van der Waals surface area (Å²) in [5, 5.41) is 0.455. The molecule has 1 saturated carbocycles. The van der Waals surface area contributed by atoms with E-state index in [0.29, 0.717) is 11.7 Å². The van der Waals surface area contributed by atoms with Crippen LogP contribution in [0.2, 0.25) is 23.4 Å². The highest BCUT2D eigenvalue weighted by atomic mass is 35.5. The SMILES string of the molecule is CC(C)(C)[Si](C)(C)O[C@]1(C)CCCN(c2nc(Cl)nc3ncn(C4CCC4)c23)C1. The highest BCUT2D eigenvalue weighted by Crippen LogP contribution is 2.42. The highest BCUT2D eigenvalue weighted by Gasteiger charge is 2.45.